The monoisotopic (exact) mass is 294 g/mol. The topological polar surface area (TPSA) is 76.7 Å². The van der Waals surface area contributed by atoms with Crippen molar-refractivity contribution in [3.8, 4) is 11.5 Å². The smallest absolute Gasteiger partial charge is 0.233 e. The van der Waals surface area contributed by atoms with Crippen LogP contribution in [0.3, 0.4) is 0 Å². The average molecular weight is 294 g/mol. The van der Waals surface area contributed by atoms with Crippen molar-refractivity contribution in [1.29, 1.82) is 0 Å². The lowest BCUT2D eigenvalue weighted by molar-refractivity contribution is -0.127. The van der Waals surface area contributed by atoms with Crippen molar-refractivity contribution in [2.75, 3.05) is 19.5 Å². The fourth-order valence-corrected chi connectivity index (χ4v) is 1.67. The average Bonchev–Trinajstić information content (AvgIpc) is 2.47. The number of anilines is 1. The first-order valence-electron chi connectivity index (χ1n) is 6.81. The molecule has 0 fully saturated rings. The molecule has 0 aliphatic carbocycles. The normalized spacial score (nSPS) is 11.4. The maximum absolute atomic E-state index is 11.9. The Labute approximate surface area is 124 Å². The molecule has 1 rings (SSSR count). The molecule has 1 aromatic rings. The van der Waals surface area contributed by atoms with Crippen LogP contribution in [-0.4, -0.2) is 32.1 Å². The van der Waals surface area contributed by atoms with Crippen LogP contribution >= 0.6 is 0 Å². The van der Waals surface area contributed by atoms with Crippen molar-refractivity contribution in [2.45, 2.75) is 32.7 Å². The number of benzene rings is 1. The number of hydrogen-bond acceptors (Lipinski definition) is 4. The van der Waals surface area contributed by atoms with Gasteiger partial charge in [-0.3, -0.25) is 9.59 Å². The molecule has 6 nitrogen and oxygen atoms in total. The van der Waals surface area contributed by atoms with E-state index in [1.807, 2.05) is 13.8 Å². The zero-order valence-corrected chi connectivity index (χ0v) is 12.9. The van der Waals surface area contributed by atoms with Crippen LogP contribution < -0.4 is 20.1 Å². The number of hydrogen-bond donors (Lipinski definition) is 2. The molecule has 1 atom stereocenters. The van der Waals surface area contributed by atoms with Gasteiger partial charge in [-0.25, -0.2) is 0 Å². The third-order valence-electron chi connectivity index (χ3n) is 3.02. The maximum Gasteiger partial charge on any atom is 0.233 e. The second-order valence-corrected chi connectivity index (χ2v) is 4.67. The number of amides is 2. The van der Waals surface area contributed by atoms with Gasteiger partial charge < -0.3 is 20.1 Å². The zero-order chi connectivity index (χ0) is 15.8. The second kappa shape index (κ2) is 8.14. The van der Waals surface area contributed by atoms with E-state index in [1.165, 1.54) is 7.11 Å². The van der Waals surface area contributed by atoms with Crippen LogP contribution in [0.4, 0.5) is 5.69 Å². The Hall–Kier alpha value is -2.24. The Bertz CT molecular complexity index is 502. The number of carbonyl (C=O) groups excluding carboxylic acids is 2. The summed E-state index contributed by atoms with van der Waals surface area (Å²) in [6, 6.07) is 5.09. The fraction of sp³-hybridized carbons (Fsp3) is 0.467. The number of carbonyl (C=O) groups is 2. The summed E-state index contributed by atoms with van der Waals surface area (Å²) in [5.74, 6) is 0.415. The number of nitrogens with one attached hydrogen (secondary N) is 2. The van der Waals surface area contributed by atoms with Crippen LogP contribution in [0.5, 0.6) is 11.5 Å². The van der Waals surface area contributed by atoms with Crippen molar-refractivity contribution >= 4 is 17.5 Å². The van der Waals surface area contributed by atoms with Crippen LogP contribution in [0.2, 0.25) is 0 Å². The molecule has 0 heterocycles. The molecule has 0 saturated carbocycles. The number of rotatable bonds is 7. The highest BCUT2D eigenvalue weighted by Crippen LogP contribution is 2.28. The third kappa shape index (κ3) is 5.33. The number of methoxy groups -OCH3 is 2. The highest BCUT2D eigenvalue weighted by atomic mass is 16.5. The van der Waals surface area contributed by atoms with E-state index in [1.54, 1.807) is 25.3 Å². The van der Waals surface area contributed by atoms with Gasteiger partial charge in [0.05, 0.1) is 19.9 Å². The van der Waals surface area contributed by atoms with E-state index < -0.39 is 0 Å². The maximum atomic E-state index is 11.9. The van der Waals surface area contributed by atoms with Gasteiger partial charge in [-0.2, -0.15) is 0 Å². The van der Waals surface area contributed by atoms with Crippen molar-refractivity contribution in [3.63, 3.8) is 0 Å². The van der Waals surface area contributed by atoms with Crippen molar-refractivity contribution in [2.24, 2.45) is 0 Å². The van der Waals surface area contributed by atoms with Crippen molar-refractivity contribution < 1.29 is 19.1 Å². The van der Waals surface area contributed by atoms with E-state index in [-0.39, 0.29) is 24.3 Å². The van der Waals surface area contributed by atoms with Gasteiger partial charge in [-0.1, -0.05) is 6.92 Å². The van der Waals surface area contributed by atoms with E-state index in [0.717, 1.165) is 6.42 Å². The summed E-state index contributed by atoms with van der Waals surface area (Å²) < 4.78 is 10.3. The summed E-state index contributed by atoms with van der Waals surface area (Å²) in [6.45, 7) is 3.86. The van der Waals surface area contributed by atoms with E-state index in [2.05, 4.69) is 10.6 Å². The van der Waals surface area contributed by atoms with Gasteiger partial charge in [0.1, 0.15) is 17.9 Å². The first kappa shape index (κ1) is 16.8. The van der Waals surface area contributed by atoms with E-state index in [9.17, 15) is 9.59 Å². The first-order valence-corrected chi connectivity index (χ1v) is 6.81. The molecule has 0 aromatic heterocycles. The minimum Gasteiger partial charge on any atom is -0.497 e. The van der Waals surface area contributed by atoms with Gasteiger partial charge >= 0.3 is 0 Å². The fourth-order valence-electron chi connectivity index (χ4n) is 1.67. The van der Waals surface area contributed by atoms with Crippen molar-refractivity contribution in [1.82, 2.24) is 5.32 Å². The molecular weight excluding hydrogens is 272 g/mol. The minimum absolute atomic E-state index is 0.0563. The van der Waals surface area contributed by atoms with Crippen LogP contribution in [-0.2, 0) is 9.59 Å². The van der Waals surface area contributed by atoms with Crippen molar-refractivity contribution in [3.05, 3.63) is 18.2 Å². The molecule has 2 amide bonds. The largest absolute Gasteiger partial charge is 0.497 e. The van der Waals surface area contributed by atoms with Gasteiger partial charge in [0.2, 0.25) is 11.8 Å². The summed E-state index contributed by atoms with van der Waals surface area (Å²) in [7, 11) is 3.05. The molecular formula is C15H22N2O4. The molecule has 2 N–H and O–H groups in total. The van der Waals surface area contributed by atoms with Gasteiger partial charge in [0.15, 0.2) is 0 Å². The lowest BCUT2D eigenvalue weighted by Crippen LogP contribution is -2.34. The van der Waals surface area contributed by atoms with Gasteiger partial charge in [-0.15, -0.1) is 0 Å². The molecule has 0 spiro atoms. The molecule has 0 radical (unpaired) electrons. The first-order chi connectivity index (χ1) is 9.99. The molecule has 21 heavy (non-hydrogen) atoms. The third-order valence-corrected chi connectivity index (χ3v) is 3.02. The van der Waals surface area contributed by atoms with E-state index >= 15 is 0 Å². The standard InChI is InChI=1S/C15H22N2O4/c1-5-10(2)16-14(18)9-15(19)17-12-7-6-11(20-3)8-13(12)21-4/h6-8,10H,5,9H2,1-4H3,(H,16,18)(H,17,19). The van der Waals surface area contributed by atoms with Crippen LogP contribution in [0.25, 0.3) is 0 Å². The van der Waals surface area contributed by atoms with Gasteiger partial charge in [0.25, 0.3) is 0 Å². The molecule has 0 aliphatic rings. The van der Waals surface area contributed by atoms with Crippen LogP contribution in [0, 0.1) is 0 Å². The highest BCUT2D eigenvalue weighted by Gasteiger charge is 2.13. The van der Waals surface area contributed by atoms with E-state index in [0.29, 0.717) is 17.2 Å². The predicted molar refractivity (Wildman–Crippen MR) is 80.7 cm³/mol. The SMILES string of the molecule is CCC(C)NC(=O)CC(=O)Nc1ccc(OC)cc1OC. The Balaban J connectivity index is 2.64. The quantitative estimate of drug-likeness (QED) is 0.754. The molecule has 116 valence electrons. The lowest BCUT2D eigenvalue weighted by atomic mass is 10.2. The highest BCUT2D eigenvalue weighted by molar-refractivity contribution is 6.04. The van der Waals surface area contributed by atoms with Gasteiger partial charge in [0, 0.05) is 12.1 Å². The van der Waals surface area contributed by atoms with E-state index in [4.69, 9.17) is 9.47 Å². The predicted octanol–water partition coefficient (Wildman–Crippen LogP) is 1.95. The minimum atomic E-state index is -0.390. The summed E-state index contributed by atoms with van der Waals surface area (Å²) in [6.07, 6.45) is 0.596. The lowest BCUT2D eigenvalue weighted by Gasteiger charge is -2.13. The van der Waals surface area contributed by atoms with Gasteiger partial charge in [-0.05, 0) is 25.5 Å². The van der Waals surface area contributed by atoms with Crippen LogP contribution in [0.15, 0.2) is 18.2 Å². The molecule has 0 bridgehead atoms. The molecule has 1 aromatic carbocycles. The zero-order valence-electron chi connectivity index (χ0n) is 12.9. The summed E-state index contributed by atoms with van der Waals surface area (Å²) >= 11 is 0. The Kier molecular flexibility index (Phi) is 6.52. The number of ether oxygens (including phenoxy) is 2. The Morgan fingerprint density at radius 2 is 1.90 bits per heavy atom. The molecule has 0 aliphatic heterocycles. The molecule has 1 unspecified atom stereocenters. The molecule has 0 saturated heterocycles. The summed E-state index contributed by atoms with van der Waals surface area (Å²) in [5, 5.41) is 5.40. The summed E-state index contributed by atoms with van der Waals surface area (Å²) in [5.41, 5.74) is 0.500. The van der Waals surface area contributed by atoms with Crippen LogP contribution in [0.1, 0.15) is 26.7 Å². The Morgan fingerprint density at radius 1 is 1.19 bits per heavy atom. The molecule has 6 heteroatoms. The second-order valence-electron chi connectivity index (χ2n) is 4.67. The summed E-state index contributed by atoms with van der Waals surface area (Å²) in [4.78, 5) is 23.5. The Morgan fingerprint density at radius 3 is 2.48 bits per heavy atom.